The van der Waals surface area contributed by atoms with Crippen LogP contribution in [0.15, 0.2) is 107 Å². The SMILES string of the molecule is CN(CCO)c1nc(Nc2ccccc2)nc(Nc2ccc(/C=C/c3ccc(Nc4nc(Nc5ccccc5)nc(N(C)CCO)n4)cc3S(=O)(=O)O)c(S(=O)[O-])c2)n1. The number of hydrogen-bond acceptors (Lipinski definition) is 18. The van der Waals surface area contributed by atoms with Gasteiger partial charge in [-0.25, -0.2) is 0 Å². The van der Waals surface area contributed by atoms with Crippen LogP contribution in [0.3, 0.4) is 0 Å². The second-order valence-corrected chi connectivity index (χ2v) is 14.9. The van der Waals surface area contributed by atoms with Crippen LogP contribution in [0.1, 0.15) is 11.1 Å². The summed E-state index contributed by atoms with van der Waals surface area (Å²) in [5.41, 5.74) is 2.19. The zero-order valence-electron chi connectivity index (χ0n) is 31.6. The largest absolute Gasteiger partial charge is 0.768 e. The van der Waals surface area contributed by atoms with E-state index in [1.165, 1.54) is 42.5 Å². The number of aliphatic hydroxyl groups excluding tert-OH is 2. The first-order chi connectivity index (χ1) is 28.4. The number of benzene rings is 4. The molecule has 21 heteroatoms. The van der Waals surface area contributed by atoms with Gasteiger partial charge >= 0.3 is 0 Å². The van der Waals surface area contributed by atoms with Crippen molar-refractivity contribution in [3.63, 3.8) is 0 Å². The van der Waals surface area contributed by atoms with Gasteiger partial charge in [0, 0.05) is 54.8 Å². The summed E-state index contributed by atoms with van der Waals surface area (Å²) in [4.78, 5) is 29.2. The van der Waals surface area contributed by atoms with Crippen molar-refractivity contribution in [2.75, 3.05) is 71.5 Å². The Bertz CT molecular complexity index is 2550. The van der Waals surface area contributed by atoms with Crippen LogP contribution in [0.2, 0.25) is 0 Å². The predicted molar refractivity (Wildman–Crippen MR) is 225 cm³/mol. The number of aliphatic hydroxyl groups is 2. The van der Waals surface area contributed by atoms with Crippen molar-refractivity contribution in [1.82, 2.24) is 29.9 Å². The molecule has 0 saturated carbocycles. The Labute approximate surface area is 342 Å². The Morgan fingerprint density at radius 3 is 1.44 bits per heavy atom. The van der Waals surface area contributed by atoms with Crippen molar-refractivity contribution in [2.24, 2.45) is 0 Å². The first-order valence-electron chi connectivity index (χ1n) is 17.8. The number of likely N-dealkylation sites (N-methyl/N-ethyl adjacent to an activating group) is 2. The van der Waals surface area contributed by atoms with Gasteiger partial charge < -0.3 is 45.8 Å². The van der Waals surface area contributed by atoms with E-state index in [-0.39, 0.29) is 83.7 Å². The van der Waals surface area contributed by atoms with Crippen molar-refractivity contribution < 1.29 is 31.9 Å². The molecule has 0 radical (unpaired) electrons. The van der Waals surface area contributed by atoms with E-state index in [4.69, 9.17) is 0 Å². The van der Waals surface area contributed by atoms with Gasteiger partial charge in [-0.2, -0.15) is 38.3 Å². The first kappa shape index (κ1) is 42.0. The fraction of sp³-hybridized carbons (Fsp3) is 0.158. The van der Waals surface area contributed by atoms with Gasteiger partial charge in [0.25, 0.3) is 10.1 Å². The molecule has 1 atom stereocenters. The van der Waals surface area contributed by atoms with Crippen LogP contribution in [0, 0.1) is 0 Å². The molecule has 0 fully saturated rings. The van der Waals surface area contributed by atoms with Crippen molar-refractivity contribution in [2.45, 2.75) is 9.79 Å². The van der Waals surface area contributed by atoms with E-state index in [1.807, 2.05) is 60.7 Å². The average molecular weight is 840 g/mol. The topological polar surface area (TPSA) is 267 Å². The highest BCUT2D eigenvalue weighted by molar-refractivity contribution is 7.86. The summed E-state index contributed by atoms with van der Waals surface area (Å²) in [7, 11) is -1.42. The maximum atomic E-state index is 12.6. The number of anilines is 10. The lowest BCUT2D eigenvalue weighted by molar-refractivity contribution is 0.303. The van der Waals surface area contributed by atoms with Crippen molar-refractivity contribution in [3.05, 3.63) is 108 Å². The molecule has 0 aliphatic carbocycles. The van der Waals surface area contributed by atoms with Crippen LogP contribution in [-0.2, 0) is 21.2 Å². The minimum atomic E-state index is -4.80. The lowest BCUT2D eigenvalue weighted by atomic mass is 10.1. The van der Waals surface area contributed by atoms with E-state index >= 15 is 0 Å². The Morgan fingerprint density at radius 1 is 0.610 bits per heavy atom. The summed E-state index contributed by atoms with van der Waals surface area (Å²) in [6.45, 7) is 0.158. The summed E-state index contributed by atoms with van der Waals surface area (Å²) >= 11 is -2.74. The van der Waals surface area contributed by atoms with E-state index in [2.05, 4.69) is 51.2 Å². The molecule has 0 aliphatic heterocycles. The fourth-order valence-electron chi connectivity index (χ4n) is 5.40. The fourth-order valence-corrected chi connectivity index (χ4v) is 6.66. The van der Waals surface area contributed by atoms with Crippen LogP contribution in [0.4, 0.5) is 58.4 Å². The maximum absolute atomic E-state index is 12.6. The van der Waals surface area contributed by atoms with Gasteiger partial charge in [0.05, 0.1) is 13.2 Å². The number of para-hydroxylation sites is 2. The quantitative estimate of drug-likeness (QED) is 0.0356. The van der Waals surface area contributed by atoms with Crippen molar-refractivity contribution in [3.8, 4) is 0 Å². The standard InChI is InChI=1S/C38H40N12O7S2/c1-49(19-21-51)37-45-33(39-27-9-5-3-6-10-27)43-35(47-37)41-29-17-15-25(31(23-29)58(53)54)13-14-26-16-18-30(24-32(26)59(55,56)57)42-36-44-34(40-28-11-7-4-8-12-28)46-38(48-36)50(2)20-22-52/h3-18,23-24,51-52H,19-22H2,1-2H3,(H,53,54)(H,55,56,57)(H2,39,41,43,45,47)(H2,40,42,44,46,48)/p-1/b14-13+. The highest BCUT2D eigenvalue weighted by Crippen LogP contribution is 2.28. The summed E-state index contributed by atoms with van der Waals surface area (Å²) in [5, 5.41) is 31.1. The zero-order chi connectivity index (χ0) is 41.9. The zero-order valence-corrected chi connectivity index (χ0v) is 33.2. The average Bonchev–Trinajstić information content (AvgIpc) is 3.21. The van der Waals surface area contributed by atoms with E-state index < -0.39 is 26.1 Å². The van der Waals surface area contributed by atoms with Gasteiger partial charge in [-0.1, -0.05) is 60.7 Å². The van der Waals surface area contributed by atoms with Crippen molar-refractivity contribution >= 4 is 91.8 Å². The van der Waals surface area contributed by atoms with E-state index in [1.54, 1.807) is 30.0 Å². The molecule has 0 bridgehead atoms. The molecule has 1 unspecified atom stereocenters. The molecule has 0 amide bonds. The lowest BCUT2D eigenvalue weighted by Crippen LogP contribution is -2.24. The molecule has 2 aromatic heterocycles. The first-order valence-corrected chi connectivity index (χ1v) is 20.3. The monoisotopic (exact) mass is 839 g/mol. The van der Waals surface area contributed by atoms with Gasteiger partial charge in [-0.05, 0) is 70.7 Å². The number of nitrogens with one attached hydrogen (secondary N) is 4. The second-order valence-electron chi connectivity index (χ2n) is 12.6. The second kappa shape index (κ2) is 19.2. The molecule has 6 aromatic rings. The third-order valence-electron chi connectivity index (χ3n) is 8.30. The Balaban J connectivity index is 1.27. The molecule has 0 saturated heterocycles. The van der Waals surface area contributed by atoms with E-state index in [0.717, 1.165) is 0 Å². The normalized spacial score (nSPS) is 11.9. The summed E-state index contributed by atoms with van der Waals surface area (Å²) < 4.78 is 60.4. The van der Waals surface area contributed by atoms with Crippen molar-refractivity contribution in [1.29, 1.82) is 0 Å². The molecule has 7 N–H and O–H groups in total. The van der Waals surface area contributed by atoms with Crippen LogP contribution in [-0.4, -0.2) is 102 Å². The summed E-state index contributed by atoms with van der Waals surface area (Å²) in [6, 6.07) is 26.9. The number of rotatable bonds is 18. The van der Waals surface area contributed by atoms with Crippen LogP contribution in [0.5, 0.6) is 0 Å². The van der Waals surface area contributed by atoms with Gasteiger partial charge in [-0.3, -0.25) is 8.76 Å². The summed E-state index contributed by atoms with van der Waals surface area (Å²) in [5.74, 6) is 0.949. The molecular weight excluding hydrogens is 801 g/mol. The van der Waals surface area contributed by atoms with Gasteiger partial charge in [0.15, 0.2) is 0 Å². The molecule has 59 heavy (non-hydrogen) atoms. The van der Waals surface area contributed by atoms with Gasteiger partial charge in [0.2, 0.25) is 35.7 Å². The highest BCUT2D eigenvalue weighted by atomic mass is 32.2. The van der Waals surface area contributed by atoms with Crippen LogP contribution < -0.4 is 31.1 Å². The number of hydrogen-bond donors (Lipinski definition) is 7. The minimum Gasteiger partial charge on any atom is -0.768 e. The minimum absolute atomic E-state index is 0.0355. The molecule has 19 nitrogen and oxygen atoms in total. The molecule has 306 valence electrons. The number of aromatic nitrogens is 6. The van der Waals surface area contributed by atoms with Gasteiger partial charge in [0.1, 0.15) is 4.90 Å². The third kappa shape index (κ3) is 11.5. The summed E-state index contributed by atoms with van der Waals surface area (Å²) in [6.07, 6.45) is 2.75. The Kier molecular flexibility index (Phi) is 13.7. The molecule has 4 aromatic carbocycles. The molecule has 6 rings (SSSR count). The molecule has 2 heterocycles. The van der Waals surface area contributed by atoms with E-state index in [9.17, 15) is 31.9 Å². The highest BCUT2D eigenvalue weighted by Gasteiger charge is 2.18. The lowest BCUT2D eigenvalue weighted by Gasteiger charge is -2.18. The molecule has 0 spiro atoms. The molecule has 0 aliphatic rings. The predicted octanol–water partition coefficient (Wildman–Crippen LogP) is 4.54. The Morgan fingerprint density at radius 2 is 1.02 bits per heavy atom. The van der Waals surface area contributed by atoms with Crippen LogP contribution in [0.25, 0.3) is 12.2 Å². The maximum Gasteiger partial charge on any atom is 0.295 e. The van der Waals surface area contributed by atoms with E-state index in [0.29, 0.717) is 17.1 Å². The third-order valence-corrected chi connectivity index (χ3v) is 9.92. The van der Waals surface area contributed by atoms with Crippen LogP contribution >= 0.6 is 0 Å². The molecular formula is C38H39N12O7S2-. The smallest absolute Gasteiger partial charge is 0.295 e. The Hall–Kier alpha value is -6.62. The number of nitrogens with zero attached hydrogens (tertiary/aromatic N) is 8. The van der Waals surface area contributed by atoms with Gasteiger partial charge in [-0.15, -0.1) is 0 Å².